The summed E-state index contributed by atoms with van der Waals surface area (Å²) in [6.07, 6.45) is 8.91. The highest BCUT2D eigenvalue weighted by Crippen LogP contribution is 2.47. The number of Topliss-reactive ketones (excluding diaryl/α,β-unsaturated/α-hetero) is 1. The standard InChI is InChI=1S/C11H16O/c1-2-3-4-9-8-5-6-10(9)11(12)7-8/h3-4,8-10H,2,5-7H2,1H3/b4-3+. The maximum absolute atomic E-state index is 11.4. The molecule has 0 aromatic carbocycles. The Labute approximate surface area is 73.8 Å². The average Bonchev–Trinajstić information content (AvgIpc) is 2.56. The smallest absolute Gasteiger partial charge is 0.136 e. The number of carbonyl (C=O) groups is 1. The highest BCUT2D eigenvalue weighted by Gasteiger charge is 2.45. The fourth-order valence-electron chi connectivity index (χ4n) is 2.72. The summed E-state index contributed by atoms with van der Waals surface area (Å²) >= 11 is 0. The molecular formula is C11H16O. The Balaban J connectivity index is 2.08. The Hall–Kier alpha value is -0.590. The predicted molar refractivity (Wildman–Crippen MR) is 48.8 cm³/mol. The summed E-state index contributed by atoms with van der Waals surface area (Å²) in [6.45, 7) is 2.15. The van der Waals surface area contributed by atoms with Crippen LogP contribution in [0.5, 0.6) is 0 Å². The quantitative estimate of drug-likeness (QED) is 0.573. The zero-order valence-corrected chi connectivity index (χ0v) is 7.62. The molecule has 12 heavy (non-hydrogen) atoms. The van der Waals surface area contributed by atoms with Gasteiger partial charge >= 0.3 is 0 Å². The van der Waals surface area contributed by atoms with Crippen molar-refractivity contribution < 1.29 is 4.79 Å². The molecule has 1 heteroatoms. The van der Waals surface area contributed by atoms with Crippen LogP contribution in [0, 0.1) is 17.8 Å². The number of rotatable bonds is 2. The average molecular weight is 164 g/mol. The first-order chi connectivity index (χ1) is 5.83. The Morgan fingerprint density at radius 3 is 2.83 bits per heavy atom. The van der Waals surface area contributed by atoms with Crippen LogP contribution in [0.4, 0.5) is 0 Å². The fourth-order valence-corrected chi connectivity index (χ4v) is 2.72. The molecule has 0 aromatic rings. The van der Waals surface area contributed by atoms with Gasteiger partial charge in [-0.1, -0.05) is 19.1 Å². The van der Waals surface area contributed by atoms with Crippen LogP contribution in [0.2, 0.25) is 0 Å². The molecule has 1 nitrogen and oxygen atoms in total. The monoisotopic (exact) mass is 164 g/mol. The third-order valence-electron chi connectivity index (χ3n) is 3.33. The minimum atomic E-state index is 0.401. The zero-order valence-electron chi connectivity index (χ0n) is 7.62. The van der Waals surface area contributed by atoms with Crippen LogP contribution >= 0.6 is 0 Å². The summed E-state index contributed by atoms with van der Waals surface area (Å²) in [7, 11) is 0. The van der Waals surface area contributed by atoms with Gasteiger partial charge in [-0.2, -0.15) is 0 Å². The van der Waals surface area contributed by atoms with Gasteiger partial charge in [-0.25, -0.2) is 0 Å². The summed E-state index contributed by atoms with van der Waals surface area (Å²) in [5.74, 6) is 2.23. The molecule has 0 saturated heterocycles. The fraction of sp³-hybridized carbons (Fsp3) is 0.727. The number of ketones is 1. The Bertz CT molecular complexity index is 217. The summed E-state index contributed by atoms with van der Waals surface area (Å²) < 4.78 is 0. The van der Waals surface area contributed by atoms with E-state index in [1.54, 1.807) is 0 Å². The highest BCUT2D eigenvalue weighted by atomic mass is 16.1. The molecule has 0 heterocycles. The van der Waals surface area contributed by atoms with E-state index in [9.17, 15) is 4.79 Å². The van der Waals surface area contributed by atoms with Gasteiger partial charge in [-0.3, -0.25) is 4.79 Å². The van der Waals surface area contributed by atoms with E-state index in [0.29, 0.717) is 23.5 Å². The molecule has 2 saturated carbocycles. The van der Waals surface area contributed by atoms with Crippen LogP contribution < -0.4 is 0 Å². The molecule has 66 valence electrons. The van der Waals surface area contributed by atoms with Crippen molar-refractivity contribution in [2.24, 2.45) is 17.8 Å². The van der Waals surface area contributed by atoms with E-state index in [1.807, 2.05) is 0 Å². The van der Waals surface area contributed by atoms with Crippen LogP contribution in [0.3, 0.4) is 0 Å². The van der Waals surface area contributed by atoms with E-state index in [1.165, 1.54) is 6.42 Å². The summed E-state index contributed by atoms with van der Waals surface area (Å²) in [5.41, 5.74) is 0. The third kappa shape index (κ3) is 1.12. The van der Waals surface area contributed by atoms with Gasteiger partial charge in [0.25, 0.3) is 0 Å². The summed E-state index contributed by atoms with van der Waals surface area (Å²) in [6, 6.07) is 0. The van der Waals surface area contributed by atoms with Crippen molar-refractivity contribution in [2.45, 2.75) is 32.6 Å². The number of allylic oxidation sites excluding steroid dienone is 2. The lowest BCUT2D eigenvalue weighted by Crippen LogP contribution is -2.09. The highest BCUT2D eigenvalue weighted by molar-refractivity contribution is 5.85. The second kappa shape index (κ2) is 3.04. The van der Waals surface area contributed by atoms with E-state index >= 15 is 0 Å². The van der Waals surface area contributed by atoms with Crippen molar-refractivity contribution >= 4 is 5.78 Å². The Morgan fingerprint density at radius 1 is 1.50 bits per heavy atom. The second-order valence-corrected chi connectivity index (χ2v) is 4.03. The van der Waals surface area contributed by atoms with Gasteiger partial charge in [0, 0.05) is 12.3 Å². The molecule has 2 rings (SSSR count). The third-order valence-corrected chi connectivity index (χ3v) is 3.33. The lowest BCUT2D eigenvalue weighted by molar-refractivity contribution is -0.121. The molecule has 0 N–H and O–H groups in total. The number of fused-ring (bicyclic) bond motifs is 2. The van der Waals surface area contributed by atoms with Gasteiger partial charge in [0.1, 0.15) is 5.78 Å². The van der Waals surface area contributed by atoms with Crippen molar-refractivity contribution in [1.29, 1.82) is 0 Å². The van der Waals surface area contributed by atoms with Gasteiger partial charge < -0.3 is 0 Å². The molecule has 3 atom stereocenters. The van der Waals surface area contributed by atoms with E-state index in [4.69, 9.17) is 0 Å². The lowest BCUT2D eigenvalue weighted by Gasteiger charge is -2.06. The summed E-state index contributed by atoms with van der Waals surface area (Å²) in [4.78, 5) is 11.4. The van der Waals surface area contributed by atoms with Crippen LogP contribution in [0.15, 0.2) is 12.2 Å². The van der Waals surface area contributed by atoms with Gasteiger partial charge in [-0.05, 0) is 31.1 Å². The van der Waals surface area contributed by atoms with E-state index < -0.39 is 0 Å². The van der Waals surface area contributed by atoms with Gasteiger partial charge in [0.05, 0.1) is 0 Å². The molecular weight excluding hydrogens is 148 g/mol. The molecule has 2 aliphatic rings. The Kier molecular flexibility index (Phi) is 2.03. The molecule has 0 spiro atoms. The van der Waals surface area contributed by atoms with Crippen LogP contribution in [0.25, 0.3) is 0 Å². The summed E-state index contributed by atoms with van der Waals surface area (Å²) in [5, 5.41) is 0. The predicted octanol–water partition coefficient (Wildman–Crippen LogP) is 2.57. The molecule has 2 aliphatic carbocycles. The Morgan fingerprint density at radius 2 is 2.33 bits per heavy atom. The molecule has 2 bridgehead atoms. The van der Waals surface area contributed by atoms with E-state index in [0.717, 1.165) is 19.3 Å². The van der Waals surface area contributed by atoms with Gasteiger partial charge in [0.15, 0.2) is 0 Å². The maximum atomic E-state index is 11.4. The van der Waals surface area contributed by atoms with Crippen LogP contribution in [-0.2, 0) is 4.79 Å². The van der Waals surface area contributed by atoms with E-state index in [-0.39, 0.29) is 0 Å². The van der Waals surface area contributed by atoms with Gasteiger partial charge in [0.2, 0.25) is 0 Å². The molecule has 3 unspecified atom stereocenters. The normalized spacial score (nSPS) is 40.1. The topological polar surface area (TPSA) is 17.1 Å². The molecule has 0 radical (unpaired) electrons. The largest absolute Gasteiger partial charge is 0.299 e. The maximum Gasteiger partial charge on any atom is 0.136 e. The number of carbonyl (C=O) groups excluding carboxylic acids is 1. The molecule has 0 aromatic heterocycles. The van der Waals surface area contributed by atoms with E-state index in [2.05, 4.69) is 19.1 Å². The first kappa shape index (κ1) is 8.03. The van der Waals surface area contributed by atoms with Crippen molar-refractivity contribution in [3.63, 3.8) is 0 Å². The van der Waals surface area contributed by atoms with Crippen molar-refractivity contribution in [3.05, 3.63) is 12.2 Å². The minimum Gasteiger partial charge on any atom is -0.299 e. The van der Waals surface area contributed by atoms with Crippen LogP contribution in [-0.4, -0.2) is 5.78 Å². The first-order valence-corrected chi connectivity index (χ1v) is 5.02. The molecule has 0 aliphatic heterocycles. The van der Waals surface area contributed by atoms with Crippen molar-refractivity contribution in [3.8, 4) is 0 Å². The van der Waals surface area contributed by atoms with Crippen molar-refractivity contribution in [1.82, 2.24) is 0 Å². The second-order valence-electron chi connectivity index (χ2n) is 4.03. The first-order valence-electron chi connectivity index (χ1n) is 5.02. The zero-order chi connectivity index (χ0) is 8.55. The number of hydrogen-bond donors (Lipinski definition) is 0. The SMILES string of the molecule is CC/C=C/C1C2CCC1C(=O)C2. The van der Waals surface area contributed by atoms with Crippen molar-refractivity contribution in [2.75, 3.05) is 0 Å². The molecule has 2 fully saturated rings. The lowest BCUT2D eigenvalue weighted by atomic mass is 9.97. The van der Waals surface area contributed by atoms with Crippen LogP contribution in [0.1, 0.15) is 32.6 Å². The molecule has 0 amide bonds. The van der Waals surface area contributed by atoms with Gasteiger partial charge in [-0.15, -0.1) is 0 Å². The minimum absolute atomic E-state index is 0.401. The number of hydrogen-bond acceptors (Lipinski definition) is 1.